The average Bonchev–Trinajstić information content (AvgIpc) is 3.02. The molecule has 0 atom stereocenters. The first kappa shape index (κ1) is 16.2. The quantitative estimate of drug-likeness (QED) is 0.698. The van der Waals surface area contributed by atoms with Crippen LogP contribution in [0.3, 0.4) is 0 Å². The standard InChI is InChI=1S/C17H17N5OS/c1-22-11-13(10-20-22)12-6-15(8-16(7-12)24-18)21-17(23)9-14-4-2-3-5-19-14/h2-8,10-11H,9,18H2,1H3,(H,21,23). The largest absolute Gasteiger partial charge is 0.326 e. The van der Waals surface area contributed by atoms with E-state index >= 15 is 0 Å². The van der Waals surface area contributed by atoms with Gasteiger partial charge in [-0.05, 0) is 47.8 Å². The van der Waals surface area contributed by atoms with Crippen LogP contribution in [0.5, 0.6) is 0 Å². The van der Waals surface area contributed by atoms with E-state index in [9.17, 15) is 4.79 Å². The fourth-order valence-corrected chi connectivity index (χ4v) is 2.74. The van der Waals surface area contributed by atoms with Gasteiger partial charge in [0.05, 0.1) is 12.6 Å². The van der Waals surface area contributed by atoms with Crippen LogP contribution in [0.1, 0.15) is 5.69 Å². The second-order valence-electron chi connectivity index (χ2n) is 5.31. The summed E-state index contributed by atoms with van der Waals surface area (Å²) in [7, 11) is 1.86. The van der Waals surface area contributed by atoms with E-state index in [0.29, 0.717) is 5.69 Å². The number of amides is 1. The van der Waals surface area contributed by atoms with Crippen LogP contribution in [-0.2, 0) is 18.3 Å². The molecule has 0 aliphatic rings. The average molecular weight is 339 g/mol. The smallest absolute Gasteiger partial charge is 0.230 e. The predicted octanol–water partition coefficient (Wildman–Crippen LogP) is 2.63. The van der Waals surface area contributed by atoms with Crippen molar-refractivity contribution in [1.29, 1.82) is 0 Å². The Balaban J connectivity index is 1.81. The molecule has 6 nitrogen and oxygen atoms in total. The molecular weight excluding hydrogens is 322 g/mol. The summed E-state index contributed by atoms with van der Waals surface area (Å²) in [6, 6.07) is 11.2. The summed E-state index contributed by atoms with van der Waals surface area (Å²) in [6.45, 7) is 0. The zero-order valence-corrected chi connectivity index (χ0v) is 14.0. The Morgan fingerprint density at radius 2 is 2.17 bits per heavy atom. The van der Waals surface area contributed by atoms with Crippen molar-refractivity contribution in [2.75, 3.05) is 5.32 Å². The molecule has 0 radical (unpaired) electrons. The molecule has 24 heavy (non-hydrogen) atoms. The summed E-state index contributed by atoms with van der Waals surface area (Å²) in [4.78, 5) is 17.3. The van der Waals surface area contributed by atoms with Gasteiger partial charge < -0.3 is 5.32 Å². The van der Waals surface area contributed by atoms with Gasteiger partial charge in [-0.2, -0.15) is 5.10 Å². The number of benzene rings is 1. The van der Waals surface area contributed by atoms with Gasteiger partial charge in [-0.15, -0.1) is 0 Å². The molecule has 3 N–H and O–H groups in total. The molecule has 0 spiro atoms. The number of aromatic nitrogens is 3. The van der Waals surface area contributed by atoms with E-state index in [2.05, 4.69) is 15.4 Å². The Hall–Kier alpha value is -2.64. The Morgan fingerprint density at radius 1 is 1.29 bits per heavy atom. The van der Waals surface area contributed by atoms with E-state index in [1.165, 1.54) is 0 Å². The van der Waals surface area contributed by atoms with E-state index in [0.717, 1.165) is 33.7 Å². The third kappa shape index (κ3) is 4.01. The van der Waals surface area contributed by atoms with Crippen LogP contribution >= 0.6 is 11.9 Å². The molecule has 3 rings (SSSR count). The lowest BCUT2D eigenvalue weighted by atomic mass is 10.1. The molecule has 0 saturated heterocycles. The first-order valence-corrected chi connectivity index (χ1v) is 8.22. The summed E-state index contributed by atoms with van der Waals surface area (Å²) >= 11 is 1.14. The number of carbonyl (C=O) groups is 1. The minimum absolute atomic E-state index is 0.120. The van der Waals surface area contributed by atoms with E-state index in [1.807, 2.05) is 49.6 Å². The second-order valence-corrected chi connectivity index (χ2v) is 6.02. The topological polar surface area (TPSA) is 85.8 Å². The van der Waals surface area contributed by atoms with Gasteiger partial charge >= 0.3 is 0 Å². The highest BCUT2D eigenvalue weighted by Crippen LogP contribution is 2.28. The van der Waals surface area contributed by atoms with Crippen LogP contribution in [0, 0.1) is 0 Å². The fourth-order valence-electron chi connectivity index (χ4n) is 2.35. The van der Waals surface area contributed by atoms with E-state index < -0.39 is 0 Å². The molecule has 2 aromatic heterocycles. The minimum Gasteiger partial charge on any atom is -0.326 e. The third-order valence-electron chi connectivity index (χ3n) is 3.43. The van der Waals surface area contributed by atoms with Crippen LogP contribution in [0.4, 0.5) is 5.69 Å². The summed E-state index contributed by atoms with van der Waals surface area (Å²) < 4.78 is 1.73. The minimum atomic E-state index is -0.120. The van der Waals surface area contributed by atoms with Crippen LogP contribution in [0.15, 0.2) is 59.9 Å². The molecule has 0 fully saturated rings. The highest BCUT2D eigenvalue weighted by atomic mass is 32.2. The Labute approximate surface area is 144 Å². The number of aryl methyl sites for hydroxylation is 1. The molecule has 0 aliphatic carbocycles. The molecule has 2 heterocycles. The lowest BCUT2D eigenvalue weighted by molar-refractivity contribution is -0.115. The summed E-state index contributed by atoms with van der Waals surface area (Å²) in [5.41, 5.74) is 3.34. The van der Waals surface area contributed by atoms with Gasteiger partial charge in [0.1, 0.15) is 0 Å². The van der Waals surface area contributed by atoms with Crippen molar-refractivity contribution in [2.45, 2.75) is 11.3 Å². The van der Waals surface area contributed by atoms with Gasteiger partial charge in [0.2, 0.25) is 5.91 Å². The number of hydrogen-bond acceptors (Lipinski definition) is 5. The molecule has 1 aromatic carbocycles. The van der Waals surface area contributed by atoms with Gasteiger partial charge in [-0.3, -0.25) is 19.6 Å². The van der Waals surface area contributed by atoms with Gasteiger partial charge in [0.25, 0.3) is 0 Å². The molecular formula is C17H17N5OS. The van der Waals surface area contributed by atoms with Gasteiger partial charge in [-0.1, -0.05) is 6.07 Å². The third-order valence-corrected chi connectivity index (χ3v) is 3.94. The lowest BCUT2D eigenvalue weighted by Crippen LogP contribution is -2.15. The van der Waals surface area contributed by atoms with Crippen molar-refractivity contribution in [3.63, 3.8) is 0 Å². The highest BCUT2D eigenvalue weighted by Gasteiger charge is 2.09. The molecule has 122 valence electrons. The molecule has 7 heteroatoms. The normalized spacial score (nSPS) is 10.6. The van der Waals surface area contributed by atoms with Crippen molar-refractivity contribution in [2.24, 2.45) is 12.2 Å². The van der Waals surface area contributed by atoms with Crippen LogP contribution in [0.25, 0.3) is 11.1 Å². The molecule has 0 saturated carbocycles. The summed E-state index contributed by atoms with van der Waals surface area (Å²) in [5, 5.41) is 12.8. The molecule has 0 bridgehead atoms. The fraction of sp³-hybridized carbons (Fsp3) is 0.118. The molecule has 3 aromatic rings. The Bertz CT molecular complexity index is 847. The van der Waals surface area contributed by atoms with Crippen LogP contribution < -0.4 is 10.5 Å². The summed E-state index contributed by atoms with van der Waals surface area (Å²) in [5.74, 6) is -0.120. The predicted molar refractivity (Wildman–Crippen MR) is 95.3 cm³/mol. The number of rotatable bonds is 5. The zero-order chi connectivity index (χ0) is 16.9. The maximum Gasteiger partial charge on any atom is 0.230 e. The molecule has 1 amide bonds. The van der Waals surface area contributed by atoms with E-state index in [-0.39, 0.29) is 12.3 Å². The number of anilines is 1. The molecule has 0 unspecified atom stereocenters. The van der Waals surface area contributed by atoms with Crippen LogP contribution in [0.2, 0.25) is 0 Å². The van der Waals surface area contributed by atoms with Crippen molar-refractivity contribution in [3.05, 3.63) is 60.7 Å². The number of nitrogens with zero attached hydrogens (tertiary/aromatic N) is 3. The number of hydrogen-bond donors (Lipinski definition) is 2. The SMILES string of the molecule is Cn1cc(-c2cc(NC(=O)Cc3ccccn3)cc(SN)c2)cn1. The van der Waals surface area contributed by atoms with Crippen molar-refractivity contribution < 1.29 is 4.79 Å². The van der Waals surface area contributed by atoms with Gasteiger partial charge in [-0.25, -0.2) is 0 Å². The Morgan fingerprint density at radius 3 is 2.83 bits per heavy atom. The monoisotopic (exact) mass is 339 g/mol. The lowest BCUT2D eigenvalue weighted by Gasteiger charge is -2.09. The first-order chi connectivity index (χ1) is 11.6. The number of pyridine rings is 1. The van der Waals surface area contributed by atoms with Gasteiger partial charge in [0, 0.05) is 41.3 Å². The first-order valence-electron chi connectivity index (χ1n) is 7.34. The van der Waals surface area contributed by atoms with Crippen molar-refractivity contribution in [3.8, 4) is 11.1 Å². The number of nitrogens with one attached hydrogen (secondary N) is 1. The Kier molecular flexibility index (Phi) is 4.93. The summed E-state index contributed by atoms with van der Waals surface area (Å²) in [6.07, 6.45) is 5.59. The molecule has 0 aliphatic heterocycles. The van der Waals surface area contributed by atoms with Crippen molar-refractivity contribution in [1.82, 2.24) is 14.8 Å². The maximum atomic E-state index is 12.2. The number of carbonyl (C=O) groups excluding carboxylic acids is 1. The van der Waals surface area contributed by atoms with E-state index in [4.69, 9.17) is 5.14 Å². The van der Waals surface area contributed by atoms with Crippen LogP contribution in [-0.4, -0.2) is 20.7 Å². The highest BCUT2D eigenvalue weighted by molar-refractivity contribution is 7.97. The second kappa shape index (κ2) is 7.29. The van der Waals surface area contributed by atoms with E-state index in [1.54, 1.807) is 17.1 Å². The number of nitrogens with two attached hydrogens (primary N) is 1. The zero-order valence-electron chi connectivity index (χ0n) is 13.1. The van der Waals surface area contributed by atoms with Gasteiger partial charge in [0.15, 0.2) is 0 Å². The van der Waals surface area contributed by atoms with Crippen molar-refractivity contribution >= 4 is 23.5 Å². The maximum absolute atomic E-state index is 12.2.